The predicted octanol–water partition coefficient (Wildman–Crippen LogP) is 1.82. The van der Waals surface area contributed by atoms with Crippen LogP contribution in [0.5, 0.6) is 5.75 Å². The number of ether oxygens (including phenoxy) is 1. The number of benzene rings is 1. The molecule has 1 aliphatic carbocycles. The molecular formula is C11H15NO. The SMILES string of the molecule is COc1cc(C2C[C@H]2N)ccc1C. The molecule has 1 aromatic carbocycles. The van der Waals surface area contributed by atoms with E-state index in [1.807, 2.05) is 0 Å². The number of aryl methyl sites for hydroxylation is 1. The van der Waals surface area contributed by atoms with Gasteiger partial charge in [-0.05, 0) is 30.5 Å². The summed E-state index contributed by atoms with van der Waals surface area (Å²) in [5.74, 6) is 1.53. The Labute approximate surface area is 78.7 Å². The second-order valence-corrected chi connectivity index (χ2v) is 3.74. The summed E-state index contributed by atoms with van der Waals surface area (Å²) in [4.78, 5) is 0. The molecular weight excluding hydrogens is 162 g/mol. The van der Waals surface area contributed by atoms with Crippen molar-refractivity contribution >= 4 is 0 Å². The van der Waals surface area contributed by atoms with Crippen LogP contribution in [0.25, 0.3) is 0 Å². The van der Waals surface area contributed by atoms with Gasteiger partial charge in [0.15, 0.2) is 0 Å². The zero-order valence-electron chi connectivity index (χ0n) is 8.08. The van der Waals surface area contributed by atoms with E-state index in [9.17, 15) is 0 Å². The fourth-order valence-corrected chi connectivity index (χ4v) is 1.67. The second kappa shape index (κ2) is 3.04. The molecule has 0 amide bonds. The van der Waals surface area contributed by atoms with Gasteiger partial charge in [0.05, 0.1) is 7.11 Å². The minimum atomic E-state index is 0.368. The van der Waals surface area contributed by atoms with Crippen molar-refractivity contribution in [3.63, 3.8) is 0 Å². The Kier molecular flexibility index (Phi) is 2.00. The number of methoxy groups -OCH3 is 1. The predicted molar refractivity (Wildman–Crippen MR) is 53.1 cm³/mol. The van der Waals surface area contributed by atoms with Crippen LogP contribution < -0.4 is 10.5 Å². The first-order chi connectivity index (χ1) is 6.22. The van der Waals surface area contributed by atoms with E-state index >= 15 is 0 Å². The second-order valence-electron chi connectivity index (χ2n) is 3.74. The Morgan fingerprint density at radius 2 is 2.15 bits per heavy atom. The average molecular weight is 177 g/mol. The lowest BCUT2D eigenvalue weighted by atomic mass is 10.1. The molecule has 2 N–H and O–H groups in total. The van der Waals surface area contributed by atoms with Crippen LogP contribution >= 0.6 is 0 Å². The summed E-state index contributed by atoms with van der Waals surface area (Å²) in [7, 11) is 1.71. The highest BCUT2D eigenvalue weighted by Crippen LogP contribution is 2.40. The summed E-state index contributed by atoms with van der Waals surface area (Å²) < 4.78 is 5.26. The van der Waals surface area contributed by atoms with E-state index in [0.29, 0.717) is 12.0 Å². The van der Waals surface area contributed by atoms with E-state index in [-0.39, 0.29) is 0 Å². The molecule has 2 nitrogen and oxygen atoms in total. The molecule has 1 unspecified atom stereocenters. The molecule has 2 atom stereocenters. The van der Waals surface area contributed by atoms with Crippen LogP contribution in [0.15, 0.2) is 18.2 Å². The smallest absolute Gasteiger partial charge is 0.122 e. The molecule has 0 aliphatic heterocycles. The Morgan fingerprint density at radius 1 is 1.46 bits per heavy atom. The van der Waals surface area contributed by atoms with E-state index < -0.39 is 0 Å². The maximum atomic E-state index is 5.79. The molecule has 70 valence electrons. The summed E-state index contributed by atoms with van der Waals surface area (Å²) in [6, 6.07) is 6.72. The lowest BCUT2D eigenvalue weighted by Gasteiger charge is -2.06. The normalized spacial score (nSPS) is 25.8. The molecule has 1 fully saturated rings. The third-order valence-electron chi connectivity index (χ3n) is 2.70. The fourth-order valence-electron chi connectivity index (χ4n) is 1.67. The highest BCUT2D eigenvalue weighted by atomic mass is 16.5. The van der Waals surface area contributed by atoms with Gasteiger partial charge in [0, 0.05) is 12.0 Å². The van der Waals surface area contributed by atoms with Crippen molar-refractivity contribution in [2.75, 3.05) is 7.11 Å². The Balaban J connectivity index is 2.28. The summed E-state index contributed by atoms with van der Waals surface area (Å²) in [6.07, 6.45) is 1.12. The highest BCUT2D eigenvalue weighted by molar-refractivity contribution is 5.40. The van der Waals surface area contributed by atoms with Crippen molar-refractivity contribution in [2.24, 2.45) is 5.73 Å². The highest BCUT2D eigenvalue weighted by Gasteiger charge is 2.34. The van der Waals surface area contributed by atoms with Gasteiger partial charge < -0.3 is 10.5 Å². The van der Waals surface area contributed by atoms with Crippen LogP contribution in [-0.2, 0) is 0 Å². The lowest BCUT2D eigenvalue weighted by molar-refractivity contribution is 0.411. The molecule has 1 aromatic rings. The van der Waals surface area contributed by atoms with Crippen LogP contribution in [0.3, 0.4) is 0 Å². The molecule has 0 spiro atoms. The van der Waals surface area contributed by atoms with Crippen molar-refractivity contribution < 1.29 is 4.74 Å². The van der Waals surface area contributed by atoms with E-state index in [1.165, 1.54) is 11.1 Å². The van der Waals surface area contributed by atoms with Gasteiger partial charge >= 0.3 is 0 Å². The molecule has 0 radical (unpaired) electrons. The van der Waals surface area contributed by atoms with Crippen molar-refractivity contribution in [1.29, 1.82) is 0 Å². The Morgan fingerprint density at radius 3 is 2.69 bits per heavy atom. The largest absolute Gasteiger partial charge is 0.496 e. The molecule has 1 aliphatic rings. The van der Waals surface area contributed by atoms with Crippen LogP contribution in [0, 0.1) is 6.92 Å². The van der Waals surface area contributed by atoms with Crippen LogP contribution in [0.1, 0.15) is 23.5 Å². The maximum absolute atomic E-state index is 5.79. The van der Waals surface area contributed by atoms with Gasteiger partial charge in [0.25, 0.3) is 0 Å². The first-order valence-electron chi connectivity index (χ1n) is 4.62. The zero-order valence-corrected chi connectivity index (χ0v) is 8.08. The number of nitrogens with two attached hydrogens (primary N) is 1. The molecule has 0 aromatic heterocycles. The van der Waals surface area contributed by atoms with E-state index in [2.05, 4.69) is 25.1 Å². The number of hydrogen-bond donors (Lipinski definition) is 1. The van der Waals surface area contributed by atoms with Crippen molar-refractivity contribution in [2.45, 2.75) is 25.3 Å². The van der Waals surface area contributed by atoms with Crippen LogP contribution in [0.2, 0.25) is 0 Å². The fraction of sp³-hybridized carbons (Fsp3) is 0.455. The molecule has 1 saturated carbocycles. The third-order valence-corrected chi connectivity index (χ3v) is 2.70. The quantitative estimate of drug-likeness (QED) is 0.747. The molecule has 13 heavy (non-hydrogen) atoms. The average Bonchev–Trinajstić information content (AvgIpc) is 2.84. The molecule has 0 bridgehead atoms. The summed E-state index contributed by atoms with van der Waals surface area (Å²) >= 11 is 0. The molecule has 0 saturated heterocycles. The summed E-state index contributed by atoms with van der Waals surface area (Å²) in [5.41, 5.74) is 8.28. The van der Waals surface area contributed by atoms with Crippen molar-refractivity contribution in [1.82, 2.24) is 0 Å². The third kappa shape index (κ3) is 1.54. The van der Waals surface area contributed by atoms with Gasteiger partial charge in [-0.15, -0.1) is 0 Å². The van der Waals surface area contributed by atoms with Gasteiger partial charge in [-0.1, -0.05) is 12.1 Å². The summed E-state index contributed by atoms with van der Waals surface area (Å²) in [6.45, 7) is 2.05. The standard InChI is InChI=1S/C11H15NO/c1-7-3-4-8(5-11(7)13-2)9-6-10(9)12/h3-5,9-10H,6,12H2,1-2H3/t9?,10-/m1/s1. The number of hydrogen-bond acceptors (Lipinski definition) is 2. The first kappa shape index (κ1) is 8.57. The number of rotatable bonds is 2. The van der Waals surface area contributed by atoms with Crippen molar-refractivity contribution in [3.8, 4) is 5.75 Å². The minimum Gasteiger partial charge on any atom is -0.496 e. The Hall–Kier alpha value is -1.02. The molecule has 0 heterocycles. The first-order valence-corrected chi connectivity index (χ1v) is 4.62. The van der Waals surface area contributed by atoms with Crippen LogP contribution in [0.4, 0.5) is 0 Å². The van der Waals surface area contributed by atoms with Crippen molar-refractivity contribution in [3.05, 3.63) is 29.3 Å². The van der Waals surface area contributed by atoms with E-state index in [1.54, 1.807) is 7.11 Å². The van der Waals surface area contributed by atoms with E-state index in [4.69, 9.17) is 10.5 Å². The van der Waals surface area contributed by atoms with Gasteiger partial charge in [-0.2, -0.15) is 0 Å². The van der Waals surface area contributed by atoms with E-state index in [0.717, 1.165) is 12.2 Å². The monoisotopic (exact) mass is 177 g/mol. The van der Waals surface area contributed by atoms with Gasteiger partial charge in [0.1, 0.15) is 5.75 Å². The molecule has 2 heteroatoms. The Bertz CT molecular complexity index is 322. The van der Waals surface area contributed by atoms with Gasteiger partial charge in [-0.25, -0.2) is 0 Å². The maximum Gasteiger partial charge on any atom is 0.122 e. The zero-order chi connectivity index (χ0) is 9.42. The minimum absolute atomic E-state index is 0.368. The lowest BCUT2D eigenvalue weighted by Crippen LogP contribution is -2.01. The van der Waals surface area contributed by atoms with Gasteiger partial charge in [0.2, 0.25) is 0 Å². The van der Waals surface area contributed by atoms with Gasteiger partial charge in [-0.3, -0.25) is 0 Å². The molecule has 2 rings (SSSR count). The summed E-state index contributed by atoms with van der Waals surface area (Å²) in [5, 5.41) is 0. The topological polar surface area (TPSA) is 35.2 Å². The van der Waals surface area contributed by atoms with Crippen LogP contribution in [-0.4, -0.2) is 13.2 Å².